The summed E-state index contributed by atoms with van der Waals surface area (Å²) in [6, 6.07) is 11.6. The highest BCUT2D eigenvalue weighted by Gasteiger charge is 2.34. The summed E-state index contributed by atoms with van der Waals surface area (Å²) in [6.45, 7) is 8.40. The summed E-state index contributed by atoms with van der Waals surface area (Å²) < 4.78 is 0. The van der Waals surface area contributed by atoms with Crippen molar-refractivity contribution in [3.8, 4) is 0 Å². The second-order valence-corrected chi connectivity index (χ2v) is 9.65. The molecule has 3 heterocycles. The summed E-state index contributed by atoms with van der Waals surface area (Å²) in [4.78, 5) is 20.3. The third-order valence-electron chi connectivity index (χ3n) is 7.67. The number of piperidine rings is 2. The molecule has 0 radical (unpaired) electrons. The minimum Gasteiger partial charge on any atom is -0.342 e. The van der Waals surface area contributed by atoms with Crippen LogP contribution >= 0.6 is 24.8 Å². The van der Waals surface area contributed by atoms with E-state index >= 15 is 0 Å². The largest absolute Gasteiger partial charge is 0.342 e. The molecule has 3 aliphatic rings. The van der Waals surface area contributed by atoms with Crippen LogP contribution in [-0.4, -0.2) is 79.0 Å². The van der Waals surface area contributed by atoms with Crippen LogP contribution in [0.15, 0.2) is 30.3 Å². The molecule has 1 atom stereocenters. The van der Waals surface area contributed by atoms with Gasteiger partial charge in [0.05, 0.1) is 0 Å². The summed E-state index contributed by atoms with van der Waals surface area (Å²) in [5.41, 5.74) is 7.25. The van der Waals surface area contributed by atoms with E-state index in [0.717, 1.165) is 51.5 Å². The highest BCUT2D eigenvalue weighted by molar-refractivity contribution is 5.85. The predicted octanol–water partition coefficient (Wildman–Crippen LogP) is 3.45. The molecule has 32 heavy (non-hydrogen) atoms. The summed E-state index contributed by atoms with van der Waals surface area (Å²) in [5, 5.41) is 0. The molecule has 0 bridgehead atoms. The maximum Gasteiger partial charge on any atom is 0.225 e. The van der Waals surface area contributed by atoms with Gasteiger partial charge in [-0.2, -0.15) is 0 Å². The number of nitrogens with two attached hydrogens (primary N) is 1. The lowest BCUT2D eigenvalue weighted by Crippen LogP contribution is -2.49. The van der Waals surface area contributed by atoms with Crippen LogP contribution < -0.4 is 5.73 Å². The molecule has 1 aromatic carbocycles. The van der Waals surface area contributed by atoms with E-state index in [1.54, 1.807) is 0 Å². The Bertz CT molecular complexity index is 661. The predicted molar refractivity (Wildman–Crippen MR) is 137 cm³/mol. The fraction of sp³-hybridized carbons (Fsp3) is 0.720. The second kappa shape index (κ2) is 13.8. The summed E-state index contributed by atoms with van der Waals surface area (Å²) in [5.74, 6) is 1.17. The van der Waals surface area contributed by atoms with Crippen molar-refractivity contribution in [2.75, 3.05) is 52.4 Å². The Labute approximate surface area is 206 Å². The molecule has 0 aromatic heterocycles. The van der Waals surface area contributed by atoms with Crippen LogP contribution in [0.4, 0.5) is 0 Å². The van der Waals surface area contributed by atoms with Gasteiger partial charge in [-0.05, 0) is 95.7 Å². The lowest BCUT2D eigenvalue weighted by atomic mass is 9.92. The number of halogens is 2. The Morgan fingerprint density at radius 3 is 2.22 bits per heavy atom. The van der Waals surface area contributed by atoms with Crippen LogP contribution in [0.5, 0.6) is 0 Å². The summed E-state index contributed by atoms with van der Waals surface area (Å²) in [7, 11) is 0. The molecule has 0 saturated carbocycles. The zero-order valence-corrected chi connectivity index (χ0v) is 21.0. The standard InChI is InChI=1S/C25H40N4O.2ClH/c26-19-22-8-16-29(20-22)25(30)23-9-17-28(18-10-23)24-11-14-27(15-12-24)13-4-7-21-5-2-1-3-6-21;;/h1-3,5-6,22-24H,4,7-20,26H2;2*1H. The average Bonchev–Trinajstić information content (AvgIpc) is 3.29. The highest BCUT2D eigenvalue weighted by Crippen LogP contribution is 2.27. The first-order valence-corrected chi connectivity index (χ1v) is 12.2. The van der Waals surface area contributed by atoms with E-state index in [4.69, 9.17) is 5.73 Å². The number of likely N-dealkylation sites (tertiary alicyclic amines) is 3. The molecule has 4 rings (SSSR count). The zero-order valence-electron chi connectivity index (χ0n) is 19.4. The van der Waals surface area contributed by atoms with E-state index in [-0.39, 0.29) is 30.7 Å². The maximum absolute atomic E-state index is 12.9. The number of hydrogen-bond donors (Lipinski definition) is 1. The van der Waals surface area contributed by atoms with Crippen molar-refractivity contribution in [3.63, 3.8) is 0 Å². The molecule has 182 valence electrons. The quantitative estimate of drug-likeness (QED) is 0.643. The molecule has 1 unspecified atom stereocenters. The molecule has 1 amide bonds. The number of carbonyl (C=O) groups is 1. The molecule has 1 aromatic rings. The Hall–Kier alpha value is -0.850. The van der Waals surface area contributed by atoms with Gasteiger partial charge in [-0.3, -0.25) is 4.79 Å². The van der Waals surface area contributed by atoms with Crippen molar-refractivity contribution in [2.45, 2.75) is 51.0 Å². The normalized spacial score (nSPS) is 23.5. The fourth-order valence-corrected chi connectivity index (χ4v) is 5.65. The van der Waals surface area contributed by atoms with Crippen LogP contribution in [0.1, 0.15) is 44.1 Å². The van der Waals surface area contributed by atoms with Crippen molar-refractivity contribution in [1.82, 2.24) is 14.7 Å². The number of amides is 1. The third kappa shape index (κ3) is 7.33. The minimum absolute atomic E-state index is 0. The molecule has 3 fully saturated rings. The molecule has 0 aliphatic carbocycles. The smallest absolute Gasteiger partial charge is 0.225 e. The van der Waals surface area contributed by atoms with Gasteiger partial charge in [0.1, 0.15) is 0 Å². The fourth-order valence-electron chi connectivity index (χ4n) is 5.65. The van der Waals surface area contributed by atoms with Gasteiger partial charge in [0, 0.05) is 25.0 Å². The first-order chi connectivity index (χ1) is 14.7. The Balaban J connectivity index is 0.00000181. The third-order valence-corrected chi connectivity index (χ3v) is 7.67. The monoisotopic (exact) mass is 484 g/mol. The number of aryl methyl sites for hydroxylation is 1. The lowest BCUT2D eigenvalue weighted by Gasteiger charge is -2.42. The van der Waals surface area contributed by atoms with Crippen molar-refractivity contribution < 1.29 is 4.79 Å². The first-order valence-electron chi connectivity index (χ1n) is 12.2. The minimum atomic E-state index is 0. The maximum atomic E-state index is 12.9. The number of carbonyl (C=O) groups excluding carboxylic acids is 1. The van der Waals surface area contributed by atoms with Crippen molar-refractivity contribution in [3.05, 3.63) is 35.9 Å². The van der Waals surface area contributed by atoms with Gasteiger partial charge < -0.3 is 20.4 Å². The molecule has 3 aliphatic heterocycles. The molecule has 3 saturated heterocycles. The van der Waals surface area contributed by atoms with Gasteiger partial charge in [-0.15, -0.1) is 24.8 Å². The van der Waals surface area contributed by atoms with E-state index in [9.17, 15) is 4.79 Å². The highest BCUT2D eigenvalue weighted by atomic mass is 35.5. The number of benzene rings is 1. The summed E-state index contributed by atoms with van der Waals surface area (Å²) in [6.07, 6.45) is 8.18. The van der Waals surface area contributed by atoms with E-state index in [0.29, 0.717) is 18.4 Å². The van der Waals surface area contributed by atoms with E-state index in [1.165, 1.54) is 50.9 Å². The second-order valence-electron chi connectivity index (χ2n) is 9.65. The SMILES string of the molecule is Cl.Cl.NCC1CCN(C(=O)C2CCN(C3CCN(CCCc4ccccc4)CC3)CC2)C1. The van der Waals surface area contributed by atoms with Gasteiger partial charge in [0.25, 0.3) is 0 Å². The van der Waals surface area contributed by atoms with Crippen molar-refractivity contribution in [2.24, 2.45) is 17.6 Å². The summed E-state index contributed by atoms with van der Waals surface area (Å²) >= 11 is 0. The van der Waals surface area contributed by atoms with E-state index in [2.05, 4.69) is 45.0 Å². The number of rotatable bonds is 7. The number of nitrogens with zero attached hydrogens (tertiary/aromatic N) is 3. The Morgan fingerprint density at radius 1 is 0.906 bits per heavy atom. The van der Waals surface area contributed by atoms with Gasteiger partial charge in [0.2, 0.25) is 5.91 Å². The number of hydrogen-bond acceptors (Lipinski definition) is 4. The Morgan fingerprint density at radius 2 is 1.59 bits per heavy atom. The van der Waals surface area contributed by atoms with Gasteiger partial charge >= 0.3 is 0 Å². The van der Waals surface area contributed by atoms with Gasteiger partial charge in [-0.1, -0.05) is 30.3 Å². The van der Waals surface area contributed by atoms with Crippen LogP contribution in [0, 0.1) is 11.8 Å². The van der Waals surface area contributed by atoms with Crippen LogP contribution in [0.25, 0.3) is 0 Å². The zero-order chi connectivity index (χ0) is 20.8. The van der Waals surface area contributed by atoms with Gasteiger partial charge in [0.15, 0.2) is 0 Å². The van der Waals surface area contributed by atoms with Crippen molar-refractivity contribution in [1.29, 1.82) is 0 Å². The molecule has 5 nitrogen and oxygen atoms in total. The Kier molecular flexibility index (Phi) is 11.8. The topological polar surface area (TPSA) is 52.8 Å². The van der Waals surface area contributed by atoms with Gasteiger partial charge in [-0.25, -0.2) is 0 Å². The molecule has 7 heteroatoms. The lowest BCUT2D eigenvalue weighted by molar-refractivity contribution is -0.136. The average molecular weight is 486 g/mol. The van der Waals surface area contributed by atoms with Crippen LogP contribution in [0.2, 0.25) is 0 Å². The van der Waals surface area contributed by atoms with Crippen LogP contribution in [-0.2, 0) is 11.2 Å². The first kappa shape index (κ1) is 27.4. The van der Waals surface area contributed by atoms with Crippen molar-refractivity contribution >= 4 is 30.7 Å². The molecular weight excluding hydrogens is 443 g/mol. The van der Waals surface area contributed by atoms with E-state index in [1.807, 2.05) is 0 Å². The molecule has 0 spiro atoms. The van der Waals surface area contributed by atoms with Crippen LogP contribution in [0.3, 0.4) is 0 Å². The van der Waals surface area contributed by atoms with E-state index < -0.39 is 0 Å². The molecular formula is C25H42Cl2N4O. The molecule has 2 N–H and O–H groups in total.